The van der Waals surface area contributed by atoms with Gasteiger partial charge < -0.3 is 15.2 Å². The molecule has 0 bridgehead atoms. The zero-order valence-electron chi connectivity index (χ0n) is 9.92. The molecule has 1 fully saturated rings. The van der Waals surface area contributed by atoms with E-state index in [1.807, 2.05) is 6.92 Å². The standard InChI is InChI=1S/C12H14N2O4/c1-7-10(2-3-18-7)11(15)14-9-4-8(12(16)17)5-13-6-9/h4-7,10H,2-3H2,1H3,(H,14,15)(H,16,17). The lowest BCUT2D eigenvalue weighted by Gasteiger charge is -2.13. The fourth-order valence-electron chi connectivity index (χ4n) is 1.94. The van der Waals surface area contributed by atoms with Crippen LogP contribution in [0, 0.1) is 5.92 Å². The second kappa shape index (κ2) is 5.14. The van der Waals surface area contributed by atoms with Gasteiger partial charge in [-0.15, -0.1) is 0 Å². The molecule has 1 aromatic rings. The molecule has 6 heteroatoms. The summed E-state index contributed by atoms with van der Waals surface area (Å²) in [5, 5.41) is 11.5. The molecule has 0 spiro atoms. The van der Waals surface area contributed by atoms with Crippen LogP contribution in [0.2, 0.25) is 0 Å². The maximum Gasteiger partial charge on any atom is 0.337 e. The molecule has 1 aromatic heterocycles. The van der Waals surface area contributed by atoms with Gasteiger partial charge in [-0.05, 0) is 19.4 Å². The molecule has 0 saturated carbocycles. The molecular formula is C12H14N2O4. The molecule has 2 atom stereocenters. The Bertz CT molecular complexity index is 475. The Kier molecular flexibility index (Phi) is 3.57. The molecule has 1 aliphatic rings. The fraction of sp³-hybridized carbons (Fsp3) is 0.417. The third-order valence-electron chi connectivity index (χ3n) is 2.97. The Hall–Kier alpha value is -1.95. The van der Waals surface area contributed by atoms with Gasteiger partial charge in [-0.1, -0.05) is 0 Å². The van der Waals surface area contributed by atoms with E-state index in [4.69, 9.17) is 9.84 Å². The first-order valence-corrected chi connectivity index (χ1v) is 5.68. The van der Waals surface area contributed by atoms with Crippen LogP contribution in [-0.4, -0.2) is 34.7 Å². The highest BCUT2D eigenvalue weighted by Crippen LogP contribution is 2.22. The van der Waals surface area contributed by atoms with Crippen LogP contribution in [0.15, 0.2) is 18.5 Å². The predicted molar refractivity (Wildman–Crippen MR) is 63.3 cm³/mol. The number of amides is 1. The molecule has 0 aliphatic carbocycles. The second-order valence-electron chi connectivity index (χ2n) is 4.23. The van der Waals surface area contributed by atoms with Gasteiger partial charge in [0, 0.05) is 12.8 Å². The minimum absolute atomic E-state index is 0.0449. The number of nitrogens with one attached hydrogen (secondary N) is 1. The highest BCUT2D eigenvalue weighted by molar-refractivity contribution is 5.95. The Balaban J connectivity index is 2.07. The lowest BCUT2D eigenvalue weighted by atomic mass is 10.0. The van der Waals surface area contributed by atoms with Crippen LogP contribution < -0.4 is 5.32 Å². The number of anilines is 1. The second-order valence-corrected chi connectivity index (χ2v) is 4.23. The first-order chi connectivity index (χ1) is 8.58. The summed E-state index contributed by atoms with van der Waals surface area (Å²) in [6, 6.07) is 1.38. The largest absolute Gasteiger partial charge is 0.478 e. The van der Waals surface area contributed by atoms with Gasteiger partial charge in [0.05, 0.1) is 29.5 Å². The first kappa shape index (κ1) is 12.5. The molecule has 2 unspecified atom stereocenters. The number of ether oxygens (including phenoxy) is 1. The maximum absolute atomic E-state index is 11.9. The molecule has 18 heavy (non-hydrogen) atoms. The number of carboxylic acid groups (broad SMARTS) is 1. The van der Waals surface area contributed by atoms with Crippen molar-refractivity contribution in [3.05, 3.63) is 24.0 Å². The average molecular weight is 250 g/mol. The molecule has 1 aliphatic heterocycles. The normalized spacial score (nSPS) is 22.7. The molecule has 1 saturated heterocycles. The van der Waals surface area contributed by atoms with Gasteiger partial charge in [0.15, 0.2) is 0 Å². The van der Waals surface area contributed by atoms with Crippen molar-refractivity contribution in [3.63, 3.8) is 0 Å². The van der Waals surface area contributed by atoms with Gasteiger partial charge in [-0.3, -0.25) is 9.78 Å². The van der Waals surface area contributed by atoms with Gasteiger partial charge in [0.2, 0.25) is 5.91 Å². The zero-order chi connectivity index (χ0) is 13.1. The Labute approximate surface area is 104 Å². The van der Waals surface area contributed by atoms with E-state index in [0.29, 0.717) is 18.7 Å². The number of carboxylic acids is 1. The van der Waals surface area contributed by atoms with Crippen molar-refractivity contribution in [1.29, 1.82) is 0 Å². The van der Waals surface area contributed by atoms with Crippen molar-refractivity contribution < 1.29 is 19.4 Å². The van der Waals surface area contributed by atoms with Crippen molar-refractivity contribution in [2.45, 2.75) is 19.4 Å². The highest BCUT2D eigenvalue weighted by atomic mass is 16.5. The number of aromatic nitrogens is 1. The minimum Gasteiger partial charge on any atom is -0.478 e. The van der Waals surface area contributed by atoms with Crippen LogP contribution >= 0.6 is 0 Å². The molecule has 2 N–H and O–H groups in total. The topological polar surface area (TPSA) is 88.5 Å². The van der Waals surface area contributed by atoms with Crippen molar-refractivity contribution in [2.24, 2.45) is 5.92 Å². The third kappa shape index (κ3) is 2.65. The van der Waals surface area contributed by atoms with E-state index in [9.17, 15) is 9.59 Å². The number of aromatic carboxylic acids is 1. The Morgan fingerprint density at radius 1 is 1.50 bits per heavy atom. The highest BCUT2D eigenvalue weighted by Gasteiger charge is 2.30. The lowest BCUT2D eigenvalue weighted by molar-refractivity contribution is -0.121. The summed E-state index contributed by atoms with van der Waals surface area (Å²) in [5.41, 5.74) is 0.433. The van der Waals surface area contributed by atoms with E-state index in [1.165, 1.54) is 18.5 Å². The summed E-state index contributed by atoms with van der Waals surface area (Å²) in [7, 11) is 0. The third-order valence-corrected chi connectivity index (χ3v) is 2.97. The van der Waals surface area contributed by atoms with Crippen molar-refractivity contribution in [2.75, 3.05) is 11.9 Å². The van der Waals surface area contributed by atoms with Gasteiger partial charge in [-0.25, -0.2) is 4.79 Å². The number of pyridine rings is 1. The SMILES string of the molecule is CC1OCCC1C(=O)Nc1cncc(C(=O)O)c1. The zero-order valence-corrected chi connectivity index (χ0v) is 9.92. The van der Waals surface area contributed by atoms with Crippen LogP contribution in [0.5, 0.6) is 0 Å². The minimum atomic E-state index is -1.07. The van der Waals surface area contributed by atoms with Crippen LogP contribution in [0.25, 0.3) is 0 Å². The fourth-order valence-corrected chi connectivity index (χ4v) is 1.94. The number of hydrogen-bond acceptors (Lipinski definition) is 4. The summed E-state index contributed by atoms with van der Waals surface area (Å²) < 4.78 is 5.32. The molecule has 0 radical (unpaired) electrons. The summed E-state index contributed by atoms with van der Waals surface area (Å²) in [4.78, 5) is 26.5. The lowest BCUT2D eigenvalue weighted by Crippen LogP contribution is -2.27. The molecule has 2 rings (SSSR count). The van der Waals surface area contributed by atoms with Gasteiger partial charge in [-0.2, -0.15) is 0 Å². The number of carbonyl (C=O) groups is 2. The monoisotopic (exact) mass is 250 g/mol. The summed E-state index contributed by atoms with van der Waals surface area (Å²) in [6.07, 6.45) is 3.23. The molecule has 6 nitrogen and oxygen atoms in total. The van der Waals surface area contributed by atoms with Gasteiger partial charge >= 0.3 is 5.97 Å². The van der Waals surface area contributed by atoms with Gasteiger partial charge in [0.25, 0.3) is 0 Å². The van der Waals surface area contributed by atoms with Crippen LogP contribution in [0.3, 0.4) is 0 Å². The van der Waals surface area contributed by atoms with Crippen LogP contribution in [0.1, 0.15) is 23.7 Å². The van der Waals surface area contributed by atoms with Crippen molar-refractivity contribution in [1.82, 2.24) is 4.98 Å². The van der Waals surface area contributed by atoms with E-state index in [0.717, 1.165) is 0 Å². The van der Waals surface area contributed by atoms with Crippen LogP contribution in [-0.2, 0) is 9.53 Å². The Morgan fingerprint density at radius 2 is 2.28 bits per heavy atom. The van der Waals surface area contributed by atoms with Crippen molar-refractivity contribution >= 4 is 17.6 Å². The van der Waals surface area contributed by atoms with E-state index in [1.54, 1.807) is 0 Å². The quantitative estimate of drug-likeness (QED) is 0.839. The van der Waals surface area contributed by atoms with Gasteiger partial charge in [0.1, 0.15) is 0 Å². The smallest absolute Gasteiger partial charge is 0.337 e. The summed E-state index contributed by atoms with van der Waals surface area (Å²) in [6.45, 7) is 2.43. The molecule has 1 amide bonds. The van der Waals surface area contributed by atoms with Crippen LogP contribution in [0.4, 0.5) is 5.69 Å². The summed E-state index contributed by atoms with van der Waals surface area (Å²) >= 11 is 0. The number of hydrogen-bond donors (Lipinski definition) is 2. The van der Waals surface area contributed by atoms with E-state index < -0.39 is 5.97 Å². The van der Waals surface area contributed by atoms with E-state index >= 15 is 0 Å². The molecule has 96 valence electrons. The Morgan fingerprint density at radius 3 is 2.89 bits per heavy atom. The van der Waals surface area contributed by atoms with Crippen molar-refractivity contribution in [3.8, 4) is 0 Å². The molecule has 2 heterocycles. The molecule has 0 aromatic carbocycles. The number of rotatable bonds is 3. The van der Waals surface area contributed by atoms with E-state index in [-0.39, 0.29) is 23.5 Å². The average Bonchev–Trinajstić information content (AvgIpc) is 2.76. The first-order valence-electron chi connectivity index (χ1n) is 5.68. The molecular weight excluding hydrogens is 236 g/mol. The van der Waals surface area contributed by atoms with E-state index in [2.05, 4.69) is 10.3 Å². The summed E-state index contributed by atoms with van der Waals surface area (Å²) in [5.74, 6) is -1.43. The number of carbonyl (C=O) groups excluding carboxylic acids is 1. The predicted octanol–water partition coefficient (Wildman–Crippen LogP) is 1.14. The maximum atomic E-state index is 11.9. The number of nitrogens with zero attached hydrogens (tertiary/aromatic N) is 1.